The van der Waals surface area contributed by atoms with Gasteiger partial charge >= 0.3 is 0 Å². The van der Waals surface area contributed by atoms with Crippen LogP contribution in [0.3, 0.4) is 0 Å². The molecule has 0 fully saturated rings. The standard InChI is InChI=1S/C20H17N9O/c1-9-14(10(2)30-29-9)11-4-3-5-12(6-11)17-15-16(23)13(7-21)18(24)27-19(15)28-20(26-17)25-8-22/h3-6,17H,1-2H3,(H6,23,24,25,26,27,28). The van der Waals surface area contributed by atoms with Crippen molar-refractivity contribution in [3.05, 3.63) is 52.4 Å². The lowest BCUT2D eigenvalue weighted by atomic mass is 9.92. The van der Waals surface area contributed by atoms with Gasteiger partial charge in [-0.25, -0.2) is 9.98 Å². The van der Waals surface area contributed by atoms with Crippen LogP contribution in [0.5, 0.6) is 0 Å². The molecule has 148 valence electrons. The first-order valence-electron chi connectivity index (χ1n) is 8.96. The van der Waals surface area contributed by atoms with Crippen molar-refractivity contribution in [1.82, 2.24) is 15.5 Å². The second-order valence-electron chi connectivity index (χ2n) is 6.73. The minimum absolute atomic E-state index is 0.00248. The van der Waals surface area contributed by atoms with Gasteiger partial charge in [-0.15, -0.1) is 0 Å². The van der Waals surface area contributed by atoms with Crippen LogP contribution in [0.15, 0.2) is 33.8 Å². The summed E-state index contributed by atoms with van der Waals surface area (Å²) in [6, 6.07) is 9.04. The molecule has 10 nitrogen and oxygen atoms in total. The molecule has 1 atom stereocenters. The molecule has 1 aliphatic heterocycles. The summed E-state index contributed by atoms with van der Waals surface area (Å²) in [6.45, 7) is 3.72. The molecule has 0 spiro atoms. The number of nitrogen functional groups attached to an aromatic ring is 2. The number of pyridine rings is 1. The van der Waals surface area contributed by atoms with E-state index in [-0.39, 0.29) is 23.0 Å². The molecule has 3 aromatic rings. The molecule has 1 aromatic carbocycles. The Hall–Kier alpha value is -4.57. The number of aryl methyl sites for hydroxylation is 2. The molecule has 1 unspecified atom stereocenters. The number of nitrogens with zero attached hydrogens (tertiary/aromatic N) is 5. The summed E-state index contributed by atoms with van der Waals surface area (Å²) in [5, 5.41) is 27.9. The number of aliphatic imine (C=N–C) groups is 1. The summed E-state index contributed by atoms with van der Waals surface area (Å²) in [7, 11) is 0. The van der Waals surface area contributed by atoms with Crippen LogP contribution >= 0.6 is 0 Å². The molecule has 2 aromatic heterocycles. The van der Waals surface area contributed by atoms with E-state index in [9.17, 15) is 5.26 Å². The van der Waals surface area contributed by atoms with Crippen LogP contribution in [0.25, 0.3) is 11.1 Å². The van der Waals surface area contributed by atoms with Crippen molar-refractivity contribution in [3.63, 3.8) is 0 Å². The van der Waals surface area contributed by atoms with E-state index in [2.05, 4.69) is 25.8 Å². The van der Waals surface area contributed by atoms with Gasteiger partial charge in [-0.1, -0.05) is 23.4 Å². The van der Waals surface area contributed by atoms with E-state index in [1.807, 2.05) is 50.4 Å². The number of guanidine groups is 1. The molecule has 0 saturated heterocycles. The highest BCUT2D eigenvalue weighted by atomic mass is 16.5. The number of anilines is 3. The molecule has 0 bridgehead atoms. The fraction of sp³-hybridized carbons (Fsp3) is 0.150. The number of hydrogen-bond acceptors (Lipinski definition) is 10. The third kappa shape index (κ3) is 2.93. The van der Waals surface area contributed by atoms with Gasteiger partial charge in [-0.2, -0.15) is 10.5 Å². The molecule has 30 heavy (non-hydrogen) atoms. The summed E-state index contributed by atoms with van der Waals surface area (Å²) in [6.07, 6.45) is 1.83. The van der Waals surface area contributed by atoms with Crippen molar-refractivity contribution in [2.75, 3.05) is 16.8 Å². The Balaban J connectivity index is 1.92. The monoisotopic (exact) mass is 399 g/mol. The lowest BCUT2D eigenvalue weighted by molar-refractivity contribution is 0.393. The molecule has 4 rings (SSSR count). The zero-order valence-corrected chi connectivity index (χ0v) is 16.2. The molecule has 3 heterocycles. The number of rotatable bonds is 2. The Bertz CT molecular complexity index is 1260. The molecule has 1 aliphatic rings. The van der Waals surface area contributed by atoms with E-state index in [1.54, 1.807) is 0 Å². The number of fused-ring (bicyclic) bond motifs is 1. The summed E-state index contributed by atoms with van der Waals surface area (Å²) in [5.41, 5.74) is 16.3. The van der Waals surface area contributed by atoms with Gasteiger partial charge in [0.25, 0.3) is 0 Å². The smallest absolute Gasteiger partial charge is 0.211 e. The van der Waals surface area contributed by atoms with E-state index >= 15 is 0 Å². The Morgan fingerprint density at radius 2 is 2.03 bits per heavy atom. The highest BCUT2D eigenvalue weighted by Gasteiger charge is 2.30. The molecule has 10 heteroatoms. The molecular formula is C20H17N9O. The molecule has 0 amide bonds. The van der Waals surface area contributed by atoms with Gasteiger partial charge in [0.05, 0.1) is 11.4 Å². The lowest BCUT2D eigenvalue weighted by Crippen LogP contribution is -2.32. The quantitative estimate of drug-likeness (QED) is 0.372. The number of nitriles is 2. The summed E-state index contributed by atoms with van der Waals surface area (Å²) < 4.78 is 5.29. The maximum Gasteiger partial charge on any atom is 0.211 e. The van der Waals surface area contributed by atoms with Crippen LogP contribution in [0.2, 0.25) is 0 Å². The normalized spacial score (nSPS) is 14.7. The largest absolute Gasteiger partial charge is 0.397 e. The predicted molar refractivity (Wildman–Crippen MR) is 111 cm³/mol. The van der Waals surface area contributed by atoms with Crippen LogP contribution in [0, 0.1) is 36.6 Å². The number of nitrogens with two attached hydrogens (primary N) is 2. The number of aromatic nitrogens is 2. The summed E-state index contributed by atoms with van der Waals surface area (Å²) in [4.78, 5) is 8.84. The van der Waals surface area contributed by atoms with Crippen LogP contribution < -0.4 is 22.1 Å². The highest BCUT2D eigenvalue weighted by Crippen LogP contribution is 2.41. The number of hydrogen-bond donors (Lipinski definition) is 4. The second kappa shape index (κ2) is 7.11. The fourth-order valence-electron chi connectivity index (χ4n) is 3.58. The Morgan fingerprint density at radius 1 is 1.23 bits per heavy atom. The zero-order chi connectivity index (χ0) is 21.4. The highest BCUT2D eigenvalue weighted by molar-refractivity contribution is 5.98. The van der Waals surface area contributed by atoms with Crippen molar-refractivity contribution in [1.29, 1.82) is 10.5 Å². The summed E-state index contributed by atoms with van der Waals surface area (Å²) in [5.74, 6) is 1.24. The fourth-order valence-corrected chi connectivity index (χ4v) is 3.58. The van der Waals surface area contributed by atoms with Gasteiger partial charge in [0, 0.05) is 11.1 Å². The van der Waals surface area contributed by atoms with E-state index in [1.165, 1.54) is 0 Å². The van der Waals surface area contributed by atoms with Crippen molar-refractivity contribution in [3.8, 4) is 23.4 Å². The van der Waals surface area contributed by atoms with E-state index < -0.39 is 6.04 Å². The maximum absolute atomic E-state index is 9.45. The first-order chi connectivity index (χ1) is 14.4. The third-order valence-electron chi connectivity index (χ3n) is 4.88. The van der Waals surface area contributed by atoms with Gasteiger partial charge in [0.2, 0.25) is 5.96 Å². The van der Waals surface area contributed by atoms with Crippen LogP contribution in [0.4, 0.5) is 17.3 Å². The zero-order valence-electron chi connectivity index (χ0n) is 16.2. The van der Waals surface area contributed by atoms with Crippen LogP contribution in [-0.4, -0.2) is 16.1 Å². The first-order valence-corrected chi connectivity index (χ1v) is 8.96. The SMILES string of the molecule is Cc1noc(C)c1-c1cccc(C2N=C(NC#N)Nc3nc(N)c(C#N)c(N)c32)c1. The van der Waals surface area contributed by atoms with E-state index in [0.29, 0.717) is 17.1 Å². The second-order valence-corrected chi connectivity index (χ2v) is 6.73. The number of benzene rings is 1. The van der Waals surface area contributed by atoms with Crippen molar-refractivity contribution < 1.29 is 4.52 Å². The van der Waals surface area contributed by atoms with Gasteiger partial charge in [-0.05, 0) is 31.0 Å². The maximum atomic E-state index is 9.45. The van der Waals surface area contributed by atoms with Crippen LogP contribution in [0.1, 0.15) is 34.2 Å². The topological polar surface area (TPSA) is 175 Å². The lowest BCUT2D eigenvalue weighted by Gasteiger charge is -2.26. The molecule has 6 N–H and O–H groups in total. The average molecular weight is 399 g/mol. The van der Waals surface area contributed by atoms with Gasteiger partial charge in [-0.3, -0.25) is 5.32 Å². The minimum atomic E-state index is -0.613. The Kier molecular flexibility index (Phi) is 4.45. The summed E-state index contributed by atoms with van der Waals surface area (Å²) >= 11 is 0. The number of nitrogens with one attached hydrogen (secondary N) is 2. The van der Waals surface area contributed by atoms with Gasteiger partial charge < -0.3 is 21.3 Å². The van der Waals surface area contributed by atoms with E-state index in [0.717, 1.165) is 22.4 Å². The molecular weight excluding hydrogens is 382 g/mol. The molecule has 0 radical (unpaired) electrons. The van der Waals surface area contributed by atoms with Crippen molar-refractivity contribution in [2.24, 2.45) is 4.99 Å². The van der Waals surface area contributed by atoms with Crippen molar-refractivity contribution >= 4 is 23.3 Å². The van der Waals surface area contributed by atoms with E-state index in [4.69, 9.17) is 21.3 Å². The third-order valence-corrected chi connectivity index (χ3v) is 4.88. The average Bonchev–Trinajstić information content (AvgIpc) is 3.06. The predicted octanol–water partition coefficient (Wildman–Crippen LogP) is 2.33. The first kappa shape index (κ1) is 18.8. The molecule has 0 aliphatic carbocycles. The minimum Gasteiger partial charge on any atom is -0.397 e. The Morgan fingerprint density at radius 3 is 2.70 bits per heavy atom. The van der Waals surface area contributed by atoms with Crippen LogP contribution in [-0.2, 0) is 0 Å². The molecule has 0 saturated carbocycles. The van der Waals surface area contributed by atoms with Gasteiger partial charge in [0.1, 0.15) is 35.1 Å². The van der Waals surface area contributed by atoms with Crippen molar-refractivity contribution in [2.45, 2.75) is 19.9 Å². The Labute approximate surface area is 171 Å². The van der Waals surface area contributed by atoms with Gasteiger partial charge in [0.15, 0.2) is 6.19 Å².